The summed E-state index contributed by atoms with van der Waals surface area (Å²) in [4.78, 5) is 0. The van der Waals surface area contributed by atoms with Gasteiger partial charge in [0.05, 0.1) is 22.8 Å². The summed E-state index contributed by atoms with van der Waals surface area (Å²) < 4.78 is 18.3. The molecule has 0 aliphatic carbocycles. The van der Waals surface area contributed by atoms with E-state index in [-0.39, 0.29) is 0 Å². The van der Waals surface area contributed by atoms with Gasteiger partial charge in [0.15, 0.2) is 0 Å². The molecule has 3 rings (SSSR count). The summed E-state index contributed by atoms with van der Waals surface area (Å²) in [6.07, 6.45) is 0. The molecule has 0 aromatic heterocycles. The third-order valence-corrected chi connectivity index (χ3v) is 4.90. The Morgan fingerprint density at radius 1 is 0.960 bits per heavy atom. The average molecular weight is 335 g/mol. The fraction of sp³-hybridized carbons (Fsp3) is 0.350. The molecule has 1 aliphatic rings. The van der Waals surface area contributed by atoms with E-state index >= 15 is 0 Å². The Balaban J connectivity index is 1.76. The molecule has 128 valence electrons. The molecule has 0 amide bonds. The van der Waals surface area contributed by atoms with Crippen LogP contribution in [0.25, 0.3) is 0 Å². The first kappa shape index (κ1) is 17.5. The van der Waals surface area contributed by atoms with Crippen molar-refractivity contribution in [2.75, 3.05) is 0 Å². The van der Waals surface area contributed by atoms with E-state index in [1.165, 1.54) is 0 Å². The van der Waals surface area contributed by atoms with Gasteiger partial charge in [-0.05, 0) is 51.5 Å². The van der Waals surface area contributed by atoms with Crippen LogP contribution in [0.5, 0.6) is 5.75 Å². The SMILES string of the molecule is CC1(C)OB(c2ccccc2OCc2ccc(C#N)cc2)OC1(C)C. The highest BCUT2D eigenvalue weighted by molar-refractivity contribution is 6.63. The Morgan fingerprint density at radius 3 is 2.16 bits per heavy atom. The zero-order chi connectivity index (χ0) is 18.1. The molecule has 25 heavy (non-hydrogen) atoms. The zero-order valence-electron chi connectivity index (χ0n) is 15.1. The van der Waals surface area contributed by atoms with E-state index in [9.17, 15) is 0 Å². The zero-order valence-corrected chi connectivity index (χ0v) is 15.1. The smallest absolute Gasteiger partial charge is 0.489 e. The van der Waals surface area contributed by atoms with Gasteiger partial charge in [0.1, 0.15) is 12.4 Å². The standard InChI is InChI=1S/C20H22BNO3/c1-19(2)20(3,4)25-21(24-19)17-7-5-6-8-18(17)23-14-16-11-9-15(13-22)10-12-16/h5-12H,14H2,1-4H3. The molecule has 0 radical (unpaired) electrons. The fourth-order valence-electron chi connectivity index (χ4n) is 2.61. The molecule has 1 saturated heterocycles. The molecule has 5 heteroatoms. The van der Waals surface area contributed by atoms with Gasteiger partial charge in [-0.15, -0.1) is 0 Å². The van der Waals surface area contributed by atoms with Gasteiger partial charge in [-0.1, -0.05) is 30.3 Å². The lowest BCUT2D eigenvalue weighted by Crippen LogP contribution is -2.41. The monoisotopic (exact) mass is 335 g/mol. The van der Waals surface area contributed by atoms with Crippen LogP contribution in [0.3, 0.4) is 0 Å². The quantitative estimate of drug-likeness (QED) is 0.803. The molecule has 0 N–H and O–H groups in total. The van der Waals surface area contributed by atoms with Crippen LogP contribution < -0.4 is 10.2 Å². The van der Waals surface area contributed by atoms with Gasteiger partial charge in [0, 0.05) is 5.46 Å². The van der Waals surface area contributed by atoms with Crippen LogP contribution in [-0.4, -0.2) is 18.3 Å². The number of benzene rings is 2. The number of nitriles is 1. The number of nitrogens with zero attached hydrogens (tertiary/aromatic N) is 1. The summed E-state index contributed by atoms with van der Waals surface area (Å²) >= 11 is 0. The molecule has 0 bridgehead atoms. The van der Waals surface area contributed by atoms with Crippen LogP contribution in [0.1, 0.15) is 38.8 Å². The maximum atomic E-state index is 8.87. The highest BCUT2D eigenvalue weighted by Gasteiger charge is 2.52. The summed E-state index contributed by atoms with van der Waals surface area (Å²) in [5.41, 5.74) is 1.74. The molecule has 1 aliphatic heterocycles. The van der Waals surface area contributed by atoms with Gasteiger partial charge in [-0.25, -0.2) is 0 Å². The van der Waals surface area contributed by atoms with E-state index in [2.05, 4.69) is 6.07 Å². The van der Waals surface area contributed by atoms with Crippen LogP contribution in [0, 0.1) is 11.3 Å². The maximum Gasteiger partial charge on any atom is 0.498 e. The second kappa shape index (κ2) is 6.55. The van der Waals surface area contributed by atoms with Gasteiger partial charge >= 0.3 is 7.12 Å². The summed E-state index contributed by atoms with van der Waals surface area (Å²) in [5.74, 6) is 0.741. The van der Waals surface area contributed by atoms with Gasteiger partial charge in [-0.3, -0.25) is 0 Å². The Labute approximate surface area is 149 Å². The van der Waals surface area contributed by atoms with Crippen molar-refractivity contribution in [2.45, 2.75) is 45.5 Å². The highest BCUT2D eigenvalue weighted by Crippen LogP contribution is 2.37. The van der Waals surface area contributed by atoms with E-state index in [1.807, 2.05) is 64.1 Å². The van der Waals surface area contributed by atoms with Crippen molar-refractivity contribution in [1.82, 2.24) is 0 Å². The number of rotatable bonds is 4. The molecule has 0 atom stereocenters. The van der Waals surface area contributed by atoms with Crippen molar-refractivity contribution in [3.05, 3.63) is 59.7 Å². The first-order chi connectivity index (χ1) is 11.8. The van der Waals surface area contributed by atoms with Crippen molar-refractivity contribution in [3.63, 3.8) is 0 Å². The van der Waals surface area contributed by atoms with Gasteiger partial charge in [-0.2, -0.15) is 5.26 Å². The van der Waals surface area contributed by atoms with Crippen molar-refractivity contribution >= 4 is 12.6 Å². The lowest BCUT2D eigenvalue weighted by atomic mass is 9.78. The lowest BCUT2D eigenvalue weighted by molar-refractivity contribution is 0.00578. The maximum absolute atomic E-state index is 8.87. The molecule has 0 spiro atoms. The minimum atomic E-state index is -0.456. The van der Waals surface area contributed by atoms with Crippen LogP contribution in [-0.2, 0) is 15.9 Å². The van der Waals surface area contributed by atoms with Crippen LogP contribution in [0.4, 0.5) is 0 Å². The minimum Gasteiger partial charge on any atom is -0.489 e. The molecule has 1 heterocycles. The Hall–Kier alpha value is -2.29. The summed E-state index contributed by atoms with van der Waals surface area (Å²) in [6, 6.07) is 17.3. The molecular weight excluding hydrogens is 313 g/mol. The van der Waals surface area contributed by atoms with E-state index in [1.54, 1.807) is 12.1 Å². The fourth-order valence-corrected chi connectivity index (χ4v) is 2.61. The number of para-hydroxylation sites is 1. The summed E-state index contributed by atoms with van der Waals surface area (Å²) in [7, 11) is -0.456. The van der Waals surface area contributed by atoms with Crippen LogP contribution in [0.15, 0.2) is 48.5 Å². The molecule has 1 fully saturated rings. The highest BCUT2D eigenvalue weighted by atomic mass is 16.7. The van der Waals surface area contributed by atoms with E-state index in [0.29, 0.717) is 12.2 Å². The normalized spacial score (nSPS) is 18.0. The van der Waals surface area contributed by atoms with Crippen molar-refractivity contribution in [3.8, 4) is 11.8 Å². The molecule has 2 aromatic rings. The molecule has 4 nitrogen and oxygen atoms in total. The Bertz CT molecular complexity index is 777. The second-order valence-electron chi connectivity index (χ2n) is 7.22. The van der Waals surface area contributed by atoms with Crippen molar-refractivity contribution in [1.29, 1.82) is 5.26 Å². The van der Waals surface area contributed by atoms with Crippen LogP contribution >= 0.6 is 0 Å². The van der Waals surface area contributed by atoms with E-state index in [4.69, 9.17) is 19.3 Å². The first-order valence-corrected chi connectivity index (χ1v) is 8.39. The van der Waals surface area contributed by atoms with Gasteiger partial charge in [0.25, 0.3) is 0 Å². The number of hydrogen-bond acceptors (Lipinski definition) is 4. The Morgan fingerprint density at radius 2 is 1.56 bits per heavy atom. The summed E-state index contributed by atoms with van der Waals surface area (Å²) in [5, 5.41) is 8.87. The van der Waals surface area contributed by atoms with E-state index in [0.717, 1.165) is 16.8 Å². The molecular formula is C20H22BNO3. The molecule has 0 unspecified atom stereocenters. The third kappa shape index (κ3) is 3.56. The third-order valence-electron chi connectivity index (χ3n) is 4.90. The Kier molecular flexibility index (Phi) is 4.59. The van der Waals surface area contributed by atoms with Crippen molar-refractivity contribution < 1.29 is 14.0 Å². The topological polar surface area (TPSA) is 51.5 Å². The second-order valence-corrected chi connectivity index (χ2v) is 7.22. The average Bonchev–Trinajstić information content (AvgIpc) is 2.81. The molecule has 0 saturated carbocycles. The predicted molar refractivity (Wildman–Crippen MR) is 97.6 cm³/mol. The first-order valence-electron chi connectivity index (χ1n) is 8.39. The summed E-state index contributed by atoms with van der Waals surface area (Å²) in [6.45, 7) is 8.56. The largest absolute Gasteiger partial charge is 0.498 e. The van der Waals surface area contributed by atoms with Crippen molar-refractivity contribution in [2.24, 2.45) is 0 Å². The lowest BCUT2D eigenvalue weighted by Gasteiger charge is -2.32. The minimum absolute atomic E-state index is 0.391. The number of hydrogen-bond donors (Lipinski definition) is 0. The van der Waals surface area contributed by atoms with Gasteiger partial charge in [0.2, 0.25) is 0 Å². The number of ether oxygens (including phenoxy) is 1. The van der Waals surface area contributed by atoms with E-state index < -0.39 is 18.3 Å². The predicted octanol–water partition coefficient (Wildman–Crippen LogP) is 3.44. The molecule has 2 aromatic carbocycles. The van der Waals surface area contributed by atoms with Gasteiger partial charge < -0.3 is 14.0 Å². The van der Waals surface area contributed by atoms with Crippen LogP contribution in [0.2, 0.25) is 0 Å².